The summed E-state index contributed by atoms with van der Waals surface area (Å²) in [7, 11) is 0. The summed E-state index contributed by atoms with van der Waals surface area (Å²) in [5, 5.41) is 29.8. The summed E-state index contributed by atoms with van der Waals surface area (Å²) in [5.74, 6) is -1.37. The molecule has 5 nitrogen and oxygen atoms in total. The fraction of sp³-hybridized carbons (Fsp3) is 0.280. The first-order valence-electron chi connectivity index (χ1n) is 10.2. The number of carbonyl (C=O) groups is 1. The molecule has 3 N–H and O–H groups in total. The van der Waals surface area contributed by atoms with Crippen molar-refractivity contribution in [3.8, 4) is 11.1 Å². The van der Waals surface area contributed by atoms with Gasteiger partial charge >= 0.3 is 35.5 Å². The molecular weight excluding hydrogens is 420 g/mol. The molecule has 0 aliphatic carbocycles. The number of aliphatic hydroxyl groups is 2. The molecule has 32 heavy (non-hydrogen) atoms. The molecule has 0 saturated heterocycles. The van der Waals surface area contributed by atoms with Crippen molar-refractivity contribution >= 4 is 22.9 Å². The largest absolute Gasteiger partial charge is 1.00 e. The molecule has 1 aromatic heterocycles. The van der Waals surface area contributed by atoms with Crippen LogP contribution in [0.15, 0.2) is 54.6 Å². The van der Waals surface area contributed by atoms with Gasteiger partial charge in [-0.05, 0) is 29.7 Å². The molecule has 3 rings (SSSR count). The van der Waals surface area contributed by atoms with Crippen molar-refractivity contribution in [1.82, 2.24) is 4.98 Å². The SMILES string of the molecule is CC(C)c1nc2ccccc2c(-c2ccc(F)cc2)c1/C=C/[C@@H](O)CC(O)CC(=O)O.[H-].[Na+]. The Balaban J connectivity index is 0.00000272. The Labute approximate surface area is 210 Å². The number of benzene rings is 2. The van der Waals surface area contributed by atoms with Crippen LogP contribution in [0.3, 0.4) is 0 Å². The van der Waals surface area contributed by atoms with E-state index in [0.717, 1.165) is 33.3 Å². The van der Waals surface area contributed by atoms with Gasteiger partial charge in [-0.3, -0.25) is 9.78 Å². The number of halogens is 1. The number of aliphatic hydroxyl groups excluding tert-OH is 2. The van der Waals surface area contributed by atoms with Crippen LogP contribution in [-0.4, -0.2) is 38.5 Å². The summed E-state index contributed by atoms with van der Waals surface area (Å²) in [5.41, 5.74) is 4.14. The minimum Gasteiger partial charge on any atom is -1.00 e. The van der Waals surface area contributed by atoms with Crippen LogP contribution in [0.25, 0.3) is 28.1 Å². The quantitative estimate of drug-likeness (QED) is 0.459. The molecule has 164 valence electrons. The number of pyridine rings is 1. The Morgan fingerprint density at radius 2 is 1.78 bits per heavy atom. The normalized spacial score (nSPS) is 13.3. The monoisotopic (exact) mass is 447 g/mol. The Bertz CT molecular complexity index is 1110. The van der Waals surface area contributed by atoms with Crippen molar-refractivity contribution in [1.29, 1.82) is 0 Å². The van der Waals surface area contributed by atoms with Gasteiger partial charge in [0.25, 0.3) is 0 Å². The minimum atomic E-state index is -1.15. The number of hydrogen-bond donors (Lipinski definition) is 3. The van der Waals surface area contributed by atoms with Gasteiger partial charge in [0.05, 0.1) is 29.8 Å². The van der Waals surface area contributed by atoms with E-state index in [9.17, 15) is 19.4 Å². The minimum absolute atomic E-state index is 0. The molecule has 0 amide bonds. The molecule has 0 aliphatic rings. The Morgan fingerprint density at radius 3 is 2.41 bits per heavy atom. The second-order valence-electron chi connectivity index (χ2n) is 7.88. The van der Waals surface area contributed by atoms with E-state index in [4.69, 9.17) is 10.1 Å². The fourth-order valence-electron chi connectivity index (χ4n) is 3.63. The number of carboxylic acids is 1. The van der Waals surface area contributed by atoms with E-state index in [1.807, 2.05) is 38.1 Å². The van der Waals surface area contributed by atoms with Crippen LogP contribution in [0.5, 0.6) is 0 Å². The smallest absolute Gasteiger partial charge is 1.00 e. The van der Waals surface area contributed by atoms with Crippen molar-refractivity contribution in [2.75, 3.05) is 0 Å². The van der Waals surface area contributed by atoms with Crippen molar-refractivity contribution in [2.24, 2.45) is 0 Å². The van der Waals surface area contributed by atoms with Gasteiger partial charge < -0.3 is 16.7 Å². The zero-order valence-corrected chi connectivity index (χ0v) is 20.5. The Kier molecular flexibility index (Phi) is 9.55. The standard InChI is InChI=1S/C25H26FNO4.Na.H/c1-15(2)25-21(12-11-18(28)13-19(29)14-23(30)31)24(16-7-9-17(26)10-8-16)20-5-3-4-6-22(20)27-25;;/h3-12,15,18-19,28-29H,13-14H2,1-2H3,(H,30,31);;/q;+1;-1/b12-11+;;/t18-,19?;;/m1../s1. The first-order chi connectivity index (χ1) is 14.8. The van der Waals surface area contributed by atoms with Crippen molar-refractivity contribution in [3.05, 3.63) is 71.7 Å². The van der Waals surface area contributed by atoms with E-state index in [1.165, 1.54) is 18.2 Å². The summed E-state index contributed by atoms with van der Waals surface area (Å²) in [6.45, 7) is 4.05. The predicted molar refractivity (Wildman–Crippen MR) is 120 cm³/mol. The molecule has 0 fully saturated rings. The average Bonchev–Trinajstić information content (AvgIpc) is 2.71. The van der Waals surface area contributed by atoms with Crippen LogP contribution in [0.1, 0.15) is 45.3 Å². The van der Waals surface area contributed by atoms with Gasteiger partial charge in [-0.15, -0.1) is 0 Å². The molecule has 0 spiro atoms. The number of carboxylic acid groups (broad SMARTS) is 1. The molecule has 1 heterocycles. The maximum Gasteiger partial charge on any atom is 1.00 e. The Morgan fingerprint density at radius 1 is 1.12 bits per heavy atom. The van der Waals surface area contributed by atoms with Crippen LogP contribution in [0, 0.1) is 5.82 Å². The summed E-state index contributed by atoms with van der Waals surface area (Å²) in [4.78, 5) is 15.6. The molecule has 0 bridgehead atoms. The molecular formula is C25H27FNNaO4. The molecule has 7 heteroatoms. The number of aromatic nitrogens is 1. The van der Waals surface area contributed by atoms with E-state index in [2.05, 4.69) is 0 Å². The van der Waals surface area contributed by atoms with E-state index in [-0.39, 0.29) is 49.1 Å². The van der Waals surface area contributed by atoms with Gasteiger partial charge in [-0.1, -0.05) is 56.3 Å². The van der Waals surface area contributed by atoms with Gasteiger partial charge in [0, 0.05) is 22.9 Å². The predicted octanol–water partition coefficient (Wildman–Crippen LogP) is 1.88. The third-order valence-corrected chi connectivity index (χ3v) is 5.05. The van der Waals surface area contributed by atoms with Crippen molar-refractivity contribution < 1.29 is 55.5 Å². The maximum absolute atomic E-state index is 13.6. The third kappa shape index (κ3) is 6.47. The summed E-state index contributed by atoms with van der Waals surface area (Å²) in [6.07, 6.45) is 0.601. The zero-order valence-electron chi connectivity index (χ0n) is 19.5. The van der Waals surface area contributed by atoms with Crippen molar-refractivity contribution in [3.63, 3.8) is 0 Å². The molecule has 0 saturated carbocycles. The van der Waals surface area contributed by atoms with Gasteiger partial charge in [0.2, 0.25) is 0 Å². The van der Waals surface area contributed by atoms with E-state index >= 15 is 0 Å². The van der Waals surface area contributed by atoms with E-state index in [0.29, 0.717) is 0 Å². The molecule has 0 radical (unpaired) electrons. The molecule has 2 atom stereocenters. The second kappa shape index (κ2) is 11.7. The van der Waals surface area contributed by atoms with Crippen LogP contribution in [0.4, 0.5) is 4.39 Å². The topological polar surface area (TPSA) is 90.7 Å². The van der Waals surface area contributed by atoms with E-state index in [1.54, 1.807) is 18.2 Å². The number of fused-ring (bicyclic) bond motifs is 1. The fourth-order valence-corrected chi connectivity index (χ4v) is 3.63. The molecule has 2 aromatic carbocycles. The molecule has 1 unspecified atom stereocenters. The molecule has 0 aliphatic heterocycles. The van der Waals surface area contributed by atoms with Crippen LogP contribution < -0.4 is 29.6 Å². The van der Waals surface area contributed by atoms with Crippen LogP contribution in [0.2, 0.25) is 0 Å². The van der Waals surface area contributed by atoms with Crippen LogP contribution in [-0.2, 0) is 4.79 Å². The van der Waals surface area contributed by atoms with Crippen LogP contribution >= 0.6 is 0 Å². The first kappa shape index (κ1) is 26.2. The number of hydrogen-bond acceptors (Lipinski definition) is 4. The summed E-state index contributed by atoms with van der Waals surface area (Å²) >= 11 is 0. The Hall–Kier alpha value is -2.09. The third-order valence-electron chi connectivity index (χ3n) is 5.05. The molecule has 3 aromatic rings. The second-order valence-corrected chi connectivity index (χ2v) is 7.88. The van der Waals surface area contributed by atoms with Gasteiger partial charge in [-0.25, -0.2) is 4.39 Å². The van der Waals surface area contributed by atoms with Gasteiger partial charge in [0.15, 0.2) is 0 Å². The number of aliphatic carboxylic acids is 1. The zero-order chi connectivity index (χ0) is 22.5. The van der Waals surface area contributed by atoms with Gasteiger partial charge in [0.1, 0.15) is 5.82 Å². The average molecular weight is 447 g/mol. The maximum atomic E-state index is 13.6. The van der Waals surface area contributed by atoms with E-state index < -0.39 is 24.6 Å². The first-order valence-corrected chi connectivity index (χ1v) is 10.2. The summed E-state index contributed by atoms with van der Waals surface area (Å²) in [6, 6.07) is 14.0. The van der Waals surface area contributed by atoms with Crippen molar-refractivity contribution in [2.45, 2.75) is 44.8 Å². The number of para-hydroxylation sites is 1. The summed E-state index contributed by atoms with van der Waals surface area (Å²) < 4.78 is 13.6. The van der Waals surface area contributed by atoms with Gasteiger partial charge in [-0.2, -0.15) is 0 Å². The number of rotatable bonds is 8. The number of nitrogens with zero attached hydrogens (tertiary/aromatic N) is 1.